The predicted molar refractivity (Wildman–Crippen MR) is 73.8 cm³/mol. The average molecular weight is 259 g/mol. The lowest BCUT2D eigenvalue weighted by Crippen LogP contribution is -2.19. The summed E-state index contributed by atoms with van der Waals surface area (Å²) in [5.41, 5.74) is 2.23. The minimum Gasteiger partial charge on any atom is -0.353 e. The number of rotatable bonds is 5. The fourth-order valence-electron chi connectivity index (χ4n) is 1.96. The molecule has 1 aromatic heterocycles. The van der Waals surface area contributed by atoms with Crippen LogP contribution in [-0.4, -0.2) is 9.49 Å². The van der Waals surface area contributed by atoms with Crippen LogP contribution in [0.2, 0.25) is 0 Å². The molecule has 0 aliphatic heterocycles. The Balaban J connectivity index is 2.03. The molecule has 0 spiro atoms. The number of aryl methyl sites for hydroxylation is 1. The lowest BCUT2D eigenvalue weighted by Gasteiger charge is -2.14. The number of nitrogens with zero attached hydrogens (tertiary/aromatic N) is 2. The Labute approximate surface area is 112 Å². The average Bonchev–Trinajstić information content (AvgIpc) is 2.81. The SMILES string of the molecule is CC(NCc1cccn1C)c1cccc([N+](=O)[O-])c1. The summed E-state index contributed by atoms with van der Waals surface area (Å²) in [4.78, 5) is 10.4. The van der Waals surface area contributed by atoms with E-state index in [1.54, 1.807) is 12.1 Å². The van der Waals surface area contributed by atoms with E-state index in [4.69, 9.17) is 0 Å². The Kier molecular flexibility index (Phi) is 3.97. The smallest absolute Gasteiger partial charge is 0.269 e. The van der Waals surface area contributed by atoms with Crippen LogP contribution in [-0.2, 0) is 13.6 Å². The van der Waals surface area contributed by atoms with Gasteiger partial charge in [0.1, 0.15) is 0 Å². The number of non-ortho nitro benzene ring substituents is 1. The van der Waals surface area contributed by atoms with Gasteiger partial charge in [-0.3, -0.25) is 10.1 Å². The highest BCUT2D eigenvalue weighted by molar-refractivity contribution is 5.35. The molecule has 100 valence electrons. The predicted octanol–water partition coefficient (Wildman–Crippen LogP) is 2.78. The van der Waals surface area contributed by atoms with Gasteiger partial charge in [0.05, 0.1) is 4.92 Å². The molecule has 0 aliphatic rings. The molecule has 0 amide bonds. The van der Waals surface area contributed by atoms with Crippen LogP contribution in [0.15, 0.2) is 42.6 Å². The molecule has 1 heterocycles. The second-order valence-electron chi connectivity index (χ2n) is 4.57. The maximum Gasteiger partial charge on any atom is 0.269 e. The number of hydrogen-bond acceptors (Lipinski definition) is 3. The van der Waals surface area contributed by atoms with E-state index in [-0.39, 0.29) is 16.7 Å². The standard InChI is InChI=1S/C14H17N3O2/c1-11(15-10-14-7-4-8-16(14)2)12-5-3-6-13(9-12)17(18)19/h3-9,11,15H,10H2,1-2H3. The Morgan fingerprint density at radius 2 is 2.16 bits per heavy atom. The van der Waals surface area contributed by atoms with Gasteiger partial charge in [-0.25, -0.2) is 0 Å². The highest BCUT2D eigenvalue weighted by Crippen LogP contribution is 2.19. The van der Waals surface area contributed by atoms with Crippen molar-refractivity contribution in [2.75, 3.05) is 0 Å². The van der Waals surface area contributed by atoms with Crippen molar-refractivity contribution in [2.24, 2.45) is 7.05 Å². The molecular formula is C14H17N3O2. The second kappa shape index (κ2) is 5.67. The first-order valence-electron chi connectivity index (χ1n) is 6.16. The van der Waals surface area contributed by atoms with Gasteiger partial charge in [-0.1, -0.05) is 12.1 Å². The van der Waals surface area contributed by atoms with Crippen molar-refractivity contribution in [1.82, 2.24) is 9.88 Å². The van der Waals surface area contributed by atoms with Crippen molar-refractivity contribution in [2.45, 2.75) is 19.5 Å². The third-order valence-electron chi connectivity index (χ3n) is 3.22. The summed E-state index contributed by atoms with van der Waals surface area (Å²) >= 11 is 0. The van der Waals surface area contributed by atoms with Crippen molar-refractivity contribution in [1.29, 1.82) is 0 Å². The highest BCUT2D eigenvalue weighted by atomic mass is 16.6. The molecule has 0 aliphatic carbocycles. The molecule has 1 aromatic carbocycles. The van der Waals surface area contributed by atoms with E-state index in [0.717, 1.165) is 12.1 Å². The van der Waals surface area contributed by atoms with Crippen molar-refractivity contribution >= 4 is 5.69 Å². The molecule has 19 heavy (non-hydrogen) atoms. The van der Waals surface area contributed by atoms with Crippen molar-refractivity contribution in [3.8, 4) is 0 Å². The van der Waals surface area contributed by atoms with Gasteiger partial charge >= 0.3 is 0 Å². The van der Waals surface area contributed by atoms with E-state index in [1.165, 1.54) is 11.8 Å². The number of hydrogen-bond donors (Lipinski definition) is 1. The molecule has 1 unspecified atom stereocenters. The Morgan fingerprint density at radius 3 is 2.79 bits per heavy atom. The van der Waals surface area contributed by atoms with Crippen molar-refractivity contribution in [3.63, 3.8) is 0 Å². The lowest BCUT2D eigenvalue weighted by molar-refractivity contribution is -0.384. The van der Waals surface area contributed by atoms with Gasteiger partial charge in [-0.05, 0) is 24.6 Å². The van der Waals surface area contributed by atoms with Crippen LogP contribution in [0.5, 0.6) is 0 Å². The van der Waals surface area contributed by atoms with E-state index in [9.17, 15) is 10.1 Å². The monoisotopic (exact) mass is 259 g/mol. The van der Waals surface area contributed by atoms with Crippen LogP contribution >= 0.6 is 0 Å². The first-order valence-corrected chi connectivity index (χ1v) is 6.16. The van der Waals surface area contributed by atoms with Gasteiger partial charge in [0.2, 0.25) is 0 Å². The fourth-order valence-corrected chi connectivity index (χ4v) is 1.96. The van der Waals surface area contributed by atoms with Crippen molar-refractivity contribution in [3.05, 3.63) is 64.0 Å². The van der Waals surface area contributed by atoms with Gasteiger partial charge < -0.3 is 9.88 Å². The second-order valence-corrected chi connectivity index (χ2v) is 4.57. The zero-order valence-electron chi connectivity index (χ0n) is 11.0. The largest absolute Gasteiger partial charge is 0.353 e. The minimum atomic E-state index is -0.368. The number of benzene rings is 1. The van der Waals surface area contributed by atoms with E-state index < -0.39 is 0 Å². The van der Waals surface area contributed by atoms with E-state index >= 15 is 0 Å². The van der Waals surface area contributed by atoms with Crippen LogP contribution in [0.3, 0.4) is 0 Å². The Bertz CT molecular complexity index is 578. The third kappa shape index (κ3) is 3.20. The van der Waals surface area contributed by atoms with Crippen LogP contribution < -0.4 is 5.32 Å². The number of nitro benzene ring substituents is 1. The maximum atomic E-state index is 10.7. The molecule has 2 rings (SSSR count). The summed E-state index contributed by atoms with van der Waals surface area (Å²) in [6.07, 6.45) is 2.00. The topological polar surface area (TPSA) is 60.1 Å². The number of nitrogens with one attached hydrogen (secondary N) is 1. The molecule has 0 saturated carbocycles. The zero-order valence-corrected chi connectivity index (χ0v) is 11.0. The van der Waals surface area contributed by atoms with E-state index in [1.807, 2.05) is 42.9 Å². The van der Waals surface area contributed by atoms with Gasteiger partial charge in [-0.15, -0.1) is 0 Å². The molecule has 5 nitrogen and oxygen atoms in total. The zero-order chi connectivity index (χ0) is 13.8. The summed E-state index contributed by atoms with van der Waals surface area (Å²) in [5, 5.41) is 14.1. The lowest BCUT2D eigenvalue weighted by atomic mass is 10.1. The molecule has 1 atom stereocenters. The van der Waals surface area contributed by atoms with Crippen LogP contribution in [0, 0.1) is 10.1 Å². The molecule has 0 bridgehead atoms. The molecule has 0 radical (unpaired) electrons. The van der Waals surface area contributed by atoms with Gasteiger partial charge in [0, 0.05) is 43.7 Å². The van der Waals surface area contributed by atoms with Gasteiger partial charge in [-0.2, -0.15) is 0 Å². The summed E-state index contributed by atoms with van der Waals surface area (Å²) in [6.45, 7) is 2.73. The quantitative estimate of drug-likeness (QED) is 0.663. The molecular weight excluding hydrogens is 242 g/mol. The third-order valence-corrected chi connectivity index (χ3v) is 3.22. The van der Waals surface area contributed by atoms with Crippen molar-refractivity contribution < 1.29 is 4.92 Å². The van der Waals surface area contributed by atoms with Gasteiger partial charge in [0.15, 0.2) is 0 Å². The molecule has 5 heteroatoms. The first-order chi connectivity index (χ1) is 9.08. The summed E-state index contributed by atoms with van der Waals surface area (Å²) < 4.78 is 2.05. The van der Waals surface area contributed by atoms with Crippen LogP contribution in [0.4, 0.5) is 5.69 Å². The molecule has 0 fully saturated rings. The van der Waals surface area contributed by atoms with Crippen LogP contribution in [0.25, 0.3) is 0 Å². The summed E-state index contributed by atoms with van der Waals surface area (Å²) in [6, 6.07) is 10.8. The fraction of sp³-hybridized carbons (Fsp3) is 0.286. The molecule has 1 N–H and O–H groups in total. The number of aromatic nitrogens is 1. The van der Waals surface area contributed by atoms with E-state index in [2.05, 4.69) is 5.32 Å². The Hall–Kier alpha value is -2.14. The minimum absolute atomic E-state index is 0.0646. The summed E-state index contributed by atoms with van der Waals surface area (Å²) in [5.74, 6) is 0. The van der Waals surface area contributed by atoms with E-state index in [0.29, 0.717) is 0 Å². The number of nitro groups is 1. The molecule has 2 aromatic rings. The normalized spacial score (nSPS) is 12.3. The van der Waals surface area contributed by atoms with Gasteiger partial charge in [0.25, 0.3) is 5.69 Å². The first kappa shape index (κ1) is 13.3. The highest BCUT2D eigenvalue weighted by Gasteiger charge is 2.10. The molecule has 0 saturated heterocycles. The maximum absolute atomic E-state index is 10.7. The summed E-state index contributed by atoms with van der Waals surface area (Å²) in [7, 11) is 2.00. The van der Waals surface area contributed by atoms with Crippen LogP contribution in [0.1, 0.15) is 24.2 Å². The Morgan fingerprint density at radius 1 is 1.37 bits per heavy atom.